The Morgan fingerprint density at radius 1 is 1.20 bits per heavy atom. The minimum atomic E-state index is 0.799. The first-order valence-electron chi connectivity index (χ1n) is 4.62. The van der Waals surface area contributed by atoms with Gasteiger partial charge in [-0.3, -0.25) is 0 Å². The largest absolute Gasteiger partial charge is 0.311 e. The van der Waals surface area contributed by atoms with E-state index in [9.17, 15) is 0 Å². The Labute approximate surface area is 63.2 Å². The molecular formula is C9H17N. The average molecular weight is 139 g/mol. The van der Waals surface area contributed by atoms with Crippen molar-refractivity contribution in [2.75, 3.05) is 0 Å². The highest BCUT2D eigenvalue weighted by Gasteiger charge is 2.32. The lowest BCUT2D eigenvalue weighted by molar-refractivity contribution is 0.325. The van der Waals surface area contributed by atoms with Crippen LogP contribution in [-0.2, 0) is 0 Å². The van der Waals surface area contributed by atoms with Gasteiger partial charge < -0.3 is 5.32 Å². The smallest absolute Gasteiger partial charge is 0.00983 e. The molecule has 1 heterocycles. The van der Waals surface area contributed by atoms with Crippen molar-refractivity contribution >= 4 is 0 Å². The van der Waals surface area contributed by atoms with E-state index >= 15 is 0 Å². The van der Waals surface area contributed by atoms with Crippen LogP contribution < -0.4 is 5.32 Å². The molecule has 1 aliphatic heterocycles. The lowest BCUT2D eigenvalue weighted by Gasteiger charge is -2.24. The van der Waals surface area contributed by atoms with E-state index < -0.39 is 0 Å². The van der Waals surface area contributed by atoms with Crippen LogP contribution in [0.2, 0.25) is 0 Å². The third kappa shape index (κ3) is 1.07. The van der Waals surface area contributed by atoms with Crippen LogP contribution in [0.25, 0.3) is 0 Å². The number of rotatable bonds is 0. The Morgan fingerprint density at radius 2 is 2.00 bits per heavy atom. The van der Waals surface area contributed by atoms with Crippen LogP contribution in [0.3, 0.4) is 0 Å². The number of hydrogen-bond acceptors (Lipinski definition) is 1. The Balaban J connectivity index is 1.97. The van der Waals surface area contributed by atoms with E-state index in [-0.39, 0.29) is 0 Å². The van der Waals surface area contributed by atoms with Crippen LogP contribution in [0.15, 0.2) is 0 Å². The Kier molecular flexibility index (Phi) is 1.69. The van der Waals surface area contributed by atoms with Crippen molar-refractivity contribution in [3.05, 3.63) is 0 Å². The first-order valence-corrected chi connectivity index (χ1v) is 4.62. The summed E-state index contributed by atoms with van der Waals surface area (Å²) in [6.07, 6.45) is 7.30. The molecule has 0 amide bonds. The standard InChI is InChI=1S/C9H17N/c1-7-6-8-4-2-3-5-9(8)10-7/h7-10H,2-6H2,1H3/t7-,8-,9+/m1/s1. The van der Waals surface area contributed by atoms with Crippen LogP contribution in [0, 0.1) is 5.92 Å². The topological polar surface area (TPSA) is 12.0 Å². The van der Waals surface area contributed by atoms with Gasteiger partial charge >= 0.3 is 0 Å². The molecule has 1 saturated carbocycles. The fourth-order valence-corrected chi connectivity index (χ4v) is 2.60. The van der Waals surface area contributed by atoms with Gasteiger partial charge in [0.25, 0.3) is 0 Å². The Bertz CT molecular complexity index is 108. The molecule has 1 N–H and O–H groups in total. The maximum absolute atomic E-state index is 3.66. The van der Waals surface area contributed by atoms with Crippen molar-refractivity contribution < 1.29 is 0 Å². The van der Waals surface area contributed by atoms with E-state index in [4.69, 9.17) is 0 Å². The van der Waals surface area contributed by atoms with Crippen molar-refractivity contribution in [3.63, 3.8) is 0 Å². The molecule has 2 rings (SSSR count). The maximum Gasteiger partial charge on any atom is 0.00983 e. The molecule has 0 aromatic heterocycles. The van der Waals surface area contributed by atoms with Gasteiger partial charge in [0.2, 0.25) is 0 Å². The maximum atomic E-state index is 3.66. The monoisotopic (exact) mass is 139 g/mol. The predicted octanol–water partition coefficient (Wildman–Crippen LogP) is 1.93. The normalized spacial score (nSPS) is 47.1. The van der Waals surface area contributed by atoms with E-state index in [2.05, 4.69) is 12.2 Å². The molecule has 0 bridgehead atoms. The zero-order valence-corrected chi connectivity index (χ0v) is 6.77. The molecule has 0 aromatic rings. The van der Waals surface area contributed by atoms with Crippen LogP contribution >= 0.6 is 0 Å². The number of nitrogens with one attached hydrogen (secondary N) is 1. The molecule has 2 fully saturated rings. The molecule has 0 spiro atoms. The van der Waals surface area contributed by atoms with Gasteiger partial charge in [-0.2, -0.15) is 0 Å². The molecule has 1 nitrogen and oxygen atoms in total. The fraction of sp³-hybridized carbons (Fsp3) is 1.00. The highest BCUT2D eigenvalue weighted by atomic mass is 15.0. The van der Waals surface area contributed by atoms with Crippen molar-refractivity contribution in [2.45, 2.75) is 51.1 Å². The molecule has 3 atom stereocenters. The van der Waals surface area contributed by atoms with Gasteiger partial charge in [-0.05, 0) is 32.1 Å². The molecule has 1 aliphatic carbocycles. The van der Waals surface area contributed by atoms with E-state index in [1.807, 2.05) is 0 Å². The number of fused-ring (bicyclic) bond motifs is 1. The van der Waals surface area contributed by atoms with Crippen LogP contribution in [0.4, 0.5) is 0 Å². The second-order valence-electron chi connectivity index (χ2n) is 3.95. The molecule has 58 valence electrons. The quantitative estimate of drug-likeness (QED) is 0.540. The first-order chi connectivity index (χ1) is 4.86. The van der Waals surface area contributed by atoms with Gasteiger partial charge in [0, 0.05) is 12.1 Å². The van der Waals surface area contributed by atoms with Gasteiger partial charge in [-0.25, -0.2) is 0 Å². The molecule has 10 heavy (non-hydrogen) atoms. The predicted molar refractivity (Wildman–Crippen MR) is 43.0 cm³/mol. The molecule has 1 heteroatoms. The summed E-state index contributed by atoms with van der Waals surface area (Å²) in [5, 5.41) is 3.66. The van der Waals surface area contributed by atoms with Crippen molar-refractivity contribution in [2.24, 2.45) is 5.92 Å². The zero-order chi connectivity index (χ0) is 6.97. The second kappa shape index (κ2) is 2.54. The van der Waals surface area contributed by atoms with Crippen molar-refractivity contribution in [1.29, 1.82) is 0 Å². The highest BCUT2D eigenvalue weighted by molar-refractivity contribution is 4.90. The SMILES string of the molecule is C[C@@H]1C[C@H]2CCCC[C@@H]2N1. The summed E-state index contributed by atoms with van der Waals surface area (Å²) in [5.74, 6) is 1.03. The van der Waals surface area contributed by atoms with Gasteiger partial charge in [0.1, 0.15) is 0 Å². The van der Waals surface area contributed by atoms with Crippen molar-refractivity contribution in [1.82, 2.24) is 5.32 Å². The van der Waals surface area contributed by atoms with E-state index in [1.54, 1.807) is 0 Å². The first kappa shape index (κ1) is 6.66. The molecule has 0 radical (unpaired) electrons. The summed E-state index contributed by atoms with van der Waals surface area (Å²) in [6, 6.07) is 1.69. The van der Waals surface area contributed by atoms with E-state index in [0.717, 1.165) is 18.0 Å². The van der Waals surface area contributed by atoms with Gasteiger partial charge in [0.15, 0.2) is 0 Å². The van der Waals surface area contributed by atoms with Crippen LogP contribution in [-0.4, -0.2) is 12.1 Å². The summed E-state index contributed by atoms with van der Waals surface area (Å²) in [5.41, 5.74) is 0. The lowest BCUT2D eigenvalue weighted by atomic mass is 9.85. The minimum absolute atomic E-state index is 0.799. The summed E-state index contributed by atoms with van der Waals surface area (Å²) >= 11 is 0. The lowest BCUT2D eigenvalue weighted by Crippen LogP contribution is -2.31. The molecule has 2 aliphatic rings. The van der Waals surface area contributed by atoms with E-state index in [1.165, 1.54) is 32.1 Å². The van der Waals surface area contributed by atoms with Gasteiger partial charge in [0.05, 0.1) is 0 Å². The zero-order valence-electron chi connectivity index (χ0n) is 6.77. The van der Waals surface area contributed by atoms with Crippen LogP contribution in [0.1, 0.15) is 39.0 Å². The van der Waals surface area contributed by atoms with Crippen molar-refractivity contribution in [3.8, 4) is 0 Å². The Morgan fingerprint density at radius 3 is 2.80 bits per heavy atom. The molecular weight excluding hydrogens is 122 g/mol. The minimum Gasteiger partial charge on any atom is -0.311 e. The molecule has 1 saturated heterocycles. The summed E-state index contributed by atoms with van der Waals surface area (Å²) in [4.78, 5) is 0. The number of hydrogen-bond donors (Lipinski definition) is 1. The summed E-state index contributed by atoms with van der Waals surface area (Å²) in [6.45, 7) is 2.32. The summed E-state index contributed by atoms with van der Waals surface area (Å²) in [7, 11) is 0. The molecule has 0 unspecified atom stereocenters. The van der Waals surface area contributed by atoms with Crippen LogP contribution in [0.5, 0.6) is 0 Å². The third-order valence-corrected chi connectivity index (χ3v) is 3.06. The van der Waals surface area contributed by atoms with Gasteiger partial charge in [-0.15, -0.1) is 0 Å². The average Bonchev–Trinajstić information content (AvgIpc) is 2.27. The third-order valence-electron chi connectivity index (χ3n) is 3.06. The van der Waals surface area contributed by atoms with E-state index in [0.29, 0.717) is 0 Å². The summed E-state index contributed by atoms with van der Waals surface area (Å²) < 4.78 is 0. The fourth-order valence-electron chi connectivity index (χ4n) is 2.60. The Hall–Kier alpha value is -0.0400. The van der Waals surface area contributed by atoms with Gasteiger partial charge in [-0.1, -0.05) is 12.8 Å². The highest BCUT2D eigenvalue weighted by Crippen LogP contribution is 2.32. The second-order valence-corrected chi connectivity index (χ2v) is 3.95. The molecule has 0 aromatic carbocycles.